The highest BCUT2D eigenvalue weighted by Gasteiger charge is 2.28. The van der Waals surface area contributed by atoms with Crippen LogP contribution in [-0.4, -0.2) is 40.8 Å². The van der Waals surface area contributed by atoms with Gasteiger partial charge in [-0.3, -0.25) is 0 Å². The fourth-order valence-electron chi connectivity index (χ4n) is 3.88. The lowest BCUT2D eigenvalue weighted by Gasteiger charge is -2.31. The number of nitrogens with zero attached hydrogens (tertiary/aromatic N) is 3. The zero-order valence-corrected chi connectivity index (χ0v) is 16.6. The molecule has 0 spiro atoms. The van der Waals surface area contributed by atoms with Crippen molar-refractivity contribution in [3.05, 3.63) is 41.0 Å². The van der Waals surface area contributed by atoms with Gasteiger partial charge < -0.3 is 19.5 Å². The zero-order valence-electron chi connectivity index (χ0n) is 16.6. The van der Waals surface area contributed by atoms with E-state index in [1.54, 1.807) is 0 Å². The molecule has 0 saturated carbocycles. The lowest BCUT2D eigenvalue weighted by Crippen LogP contribution is -2.44. The molecule has 150 valence electrons. The summed E-state index contributed by atoms with van der Waals surface area (Å²) in [7, 11) is 0. The number of rotatable bonds is 5. The number of urea groups is 1. The van der Waals surface area contributed by atoms with Crippen molar-refractivity contribution < 1.29 is 14.1 Å². The minimum atomic E-state index is -0.0385. The lowest BCUT2D eigenvalue weighted by molar-refractivity contribution is 0.171. The van der Waals surface area contributed by atoms with Crippen molar-refractivity contribution in [2.75, 3.05) is 19.7 Å². The standard InChI is InChI=1S/C21H28N4O3/c1-14(2)10-19-23-20(28-24-19)17-4-3-8-25(13-17)21(26)22-12-15-5-6-18-16(11-15)7-9-27-18/h5-6,11,14,17H,3-4,7-10,12-13H2,1-2H3,(H,22,26)/t17-/m0/s1. The Kier molecular flexibility index (Phi) is 5.50. The van der Waals surface area contributed by atoms with Crippen LogP contribution in [0.1, 0.15) is 55.4 Å². The van der Waals surface area contributed by atoms with E-state index in [2.05, 4.69) is 35.4 Å². The van der Waals surface area contributed by atoms with Gasteiger partial charge in [-0.05, 0) is 36.0 Å². The number of carbonyl (C=O) groups excluding carboxylic acids is 1. The third kappa shape index (κ3) is 4.29. The van der Waals surface area contributed by atoms with Gasteiger partial charge in [0.2, 0.25) is 5.89 Å². The van der Waals surface area contributed by atoms with E-state index < -0.39 is 0 Å². The van der Waals surface area contributed by atoms with Crippen LogP contribution >= 0.6 is 0 Å². The first kappa shape index (κ1) is 18.8. The Morgan fingerprint density at radius 3 is 3.14 bits per heavy atom. The summed E-state index contributed by atoms with van der Waals surface area (Å²) < 4.78 is 11.0. The van der Waals surface area contributed by atoms with Gasteiger partial charge in [0.1, 0.15) is 5.75 Å². The van der Waals surface area contributed by atoms with E-state index in [0.717, 1.165) is 56.0 Å². The highest BCUT2D eigenvalue weighted by atomic mass is 16.5. The van der Waals surface area contributed by atoms with Gasteiger partial charge in [-0.15, -0.1) is 0 Å². The molecule has 3 heterocycles. The van der Waals surface area contributed by atoms with E-state index in [4.69, 9.17) is 9.26 Å². The molecule has 1 fully saturated rings. The molecule has 1 aromatic heterocycles. The van der Waals surface area contributed by atoms with Crippen LogP contribution in [0, 0.1) is 5.92 Å². The van der Waals surface area contributed by atoms with Crippen LogP contribution in [0.5, 0.6) is 5.75 Å². The molecule has 2 amide bonds. The number of ether oxygens (including phenoxy) is 1. The molecule has 2 aromatic rings. The van der Waals surface area contributed by atoms with Gasteiger partial charge in [0.05, 0.1) is 12.5 Å². The van der Waals surface area contributed by atoms with Crippen molar-refractivity contribution in [3.8, 4) is 5.75 Å². The van der Waals surface area contributed by atoms with Crippen LogP contribution in [0.25, 0.3) is 0 Å². The first-order valence-corrected chi connectivity index (χ1v) is 10.2. The summed E-state index contributed by atoms with van der Waals surface area (Å²) in [6.07, 6.45) is 3.66. The van der Waals surface area contributed by atoms with Crippen molar-refractivity contribution in [3.63, 3.8) is 0 Å². The largest absolute Gasteiger partial charge is 0.493 e. The summed E-state index contributed by atoms with van der Waals surface area (Å²) in [6, 6.07) is 6.09. The normalized spacial score (nSPS) is 18.8. The predicted octanol–water partition coefficient (Wildman–Crippen LogP) is 3.29. The van der Waals surface area contributed by atoms with Crippen LogP contribution in [0.15, 0.2) is 22.7 Å². The van der Waals surface area contributed by atoms with Crippen molar-refractivity contribution in [2.24, 2.45) is 5.92 Å². The molecule has 1 aromatic carbocycles. The Hall–Kier alpha value is -2.57. The van der Waals surface area contributed by atoms with Crippen molar-refractivity contribution >= 4 is 6.03 Å². The van der Waals surface area contributed by atoms with Gasteiger partial charge >= 0.3 is 6.03 Å². The molecule has 1 N–H and O–H groups in total. The summed E-state index contributed by atoms with van der Waals surface area (Å²) in [4.78, 5) is 19.1. The van der Waals surface area contributed by atoms with Crippen LogP contribution in [0.3, 0.4) is 0 Å². The molecular formula is C21H28N4O3. The van der Waals surface area contributed by atoms with E-state index in [1.807, 2.05) is 17.0 Å². The molecular weight excluding hydrogens is 356 g/mol. The third-order valence-electron chi connectivity index (χ3n) is 5.33. The number of amides is 2. The highest BCUT2D eigenvalue weighted by molar-refractivity contribution is 5.74. The Bertz CT molecular complexity index is 833. The molecule has 4 rings (SSSR count). The van der Waals surface area contributed by atoms with Gasteiger partial charge in [-0.1, -0.05) is 31.1 Å². The number of piperidine rings is 1. The number of hydrogen-bond donors (Lipinski definition) is 1. The number of likely N-dealkylation sites (tertiary alicyclic amines) is 1. The first-order valence-electron chi connectivity index (χ1n) is 10.2. The van der Waals surface area contributed by atoms with E-state index in [0.29, 0.717) is 24.9 Å². The van der Waals surface area contributed by atoms with E-state index in [1.165, 1.54) is 5.56 Å². The maximum absolute atomic E-state index is 12.7. The summed E-state index contributed by atoms with van der Waals surface area (Å²) in [5.41, 5.74) is 2.32. The molecule has 1 saturated heterocycles. The average molecular weight is 384 g/mol. The smallest absolute Gasteiger partial charge is 0.317 e. The minimum Gasteiger partial charge on any atom is -0.493 e. The molecule has 28 heavy (non-hydrogen) atoms. The number of nitrogens with one attached hydrogen (secondary N) is 1. The number of hydrogen-bond acceptors (Lipinski definition) is 5. The van der Waals surface area contributed by atoms with Gasteiger partial charge in [0, 0.05) is 32.5 Å². The molecule has 0 aliphatic carbocycles. The lowest BCUT2D eigenvalue weighted by atomic mass is 9.98. The Morgan fingerprint density at radius 2 is 2.29 bits per heavy atom. The average Bonchev–Trinajstić information content (AvgIpc) is 3.34. The number of benzene rings is 1. The number of fused-ring (bicyclic) bond motifs is 1. The highest BCUT2D eigenvalue weighted by Crippen LogP contribution is 2.27. The molecule has 0 radical (unpaired) electrons. The fourth-order valence-corrected chi connectivity index (χ4v) is 3.88. The summed E-state index contributed by atoms with van der Waals surface area (Å²) in [5.74, 6) is 2.99. The molecule has 7 heteroatoms. The number of aromatic nitrogens is 2. The Labute approximate surface area is 165 Å². The topological polar surface area (TPSA) is 80.5 Å². The summed E-state index contributed by atoms with van der Waals surface area (Å²) >= 11 is 0. The molecule has 0 unspecified atom stereocenters. The maximum atomic E-state index is 12.7. The van der Waals surface area contributed by atoms with Gasteiger partial charge in [-0.25, -0.2) is 4.79 Å². The molecule has 2 aliphatic rings. The van der Waals surface area contributed by atoms with Gasteiger partial charge in [0.15, 0.2) is 5.82 Å². The minimum absolute atomic E-state index is 0.0385. The van der Waals surface area contributed by atoms with E-state index >= 15 is 0 Å². The van der Waals surface area contributed by atoms with Crippen molar-refractivity contribution in [2.45, 2.75) is 52.0 Å². The zero-order chi connectivity index (χ0) is 19.5. The Morgan fingerprint density at radius 1 is 1.39 bits per heavy atom. The summed E-state index contributed by atoms with van der Waals surface area (Å²) in [5, 5.41) is 7.13. The molecule has 2 aliphatic heterocycles. The van der Waals surface area contributed by atoms with Crippen LogP contribution in [-0.2, 0) is 19.4 Å². The maximum Gasteiger partial charge on any atom is 0.317 e. The predicted molar refractivity (Wildman–Crippen MR) is 104 cm³/mol. The summed E-state index contributed by atoms with van der Waals surface area (Å²) in [6.45, 7) is 6.91. The van der Waals surface area contributed by atoms with Gasteiger partial charge in [-0.2, -0.15) is 4.98 Å². The SMILES string of the molecule is CC(C)Cc1noc([C@H]2CCCN(C(=O)NCc3ccc4c(c3)CCO4)C2)n1. The van der Waals surface area contributed by atoms with E-state index in [9.17, 15) is 4.79 Å². The van der Waals surface area contributed by atoms with Crippen LogP contribution in [0.4, 0.5) is 4.79 Å². The van der Waals surface area contributed by atoms with Crippen LogP contribution in [0.2, 0.25) is 0 Å². The third-order valence-corrected chi connectivity index (χ3v) is 5.33. The molecule has 1 atom stereocenters. The number of carbonyl (C=O) groups is 1. The second-order valence-corrected chi connectivity index (χ2v) is 8.13. The monoisotopic (exact) mass is 384 g/mol. The first-order chi connectivity index (χ1) is 13.6. The van der Waals surface area contributed by atoms with Crippen molar-refractivity contribution in [1.82, 2.24) is 20.4 Å². The second-order valence-electron chi connectivity index (χ2n) is 8.13. The van der Waals surface area contributed by atoms with Crippen LogP contribution < -0.4 is 10.1 Å². The van der Waals surface area contributed by atoms with Gasteiger partial charge in [0.25, 0.3) is 0 Å². The molecule has 7 nitrogen and oxygen atoms in total. The van der Waals surface area contributed by atoms with Crippen molar-refractivity contribution in [1.29, 1.82) is 0 Å². The molecule has 0 bridgehead atoms. The quantitative estimate of drug-likeness (QED) is 0.856. The van der Waals surface area contributed by atoms with E-state index in [-0.39, 0.29) is 11.9 Å². The second kappa shape index (κ2) is 8.20. The fraction of sp³-hybridized carbons (Fsp3) is 0.571. The Balaban J connectivity index is 1.32.